The Morgan fingerprint density at radius 1 is 1.44 bits per heavy atom. The average Bonchev–Trinajstić information content (AvgIpc) is 2.69. The van der Waals surface area contributed by atoms with Gasteiger partial charge in [0.1, 0.15) is 6.04 Å². The number of carboxylic acid groups (broad SMARTS) is 1. The van der Waals surface area contributed by atoms with Gasteiger partial charge < -0.3 is 5.11 Å². The molecule has 0 heterocycles. The molecule has 0 aromatic heterocycles. The highest BCUT2D eigenvalue weighted by Gasteiger charge is 2.32. The Morgan fingerprint density at radius 2 is 2.00 bits per heavy atom. The second-order valence-electron chi connectivity index (χ2n) is 4.25. The van der Waals surface area contributed by atoms with Gasteiger partial charge in [-0.25, -0.2) is 13.1 Å². The van der Waals surface area contributed by atoms with Crippen molar-refractivity contribution in [1.29, 1.82) is 0 Å². The molecule has 0 bridgehead atoms. The number of rotatable bonds is 6. The molecule has 0 unspecified atom stereocenters. The highest BCUT2D eigenvalue weighted by molar-refractivity contribution is 7.90. The van der Waals surface area contributed by atoms with E-state index in [1.54, 1.807) is 0 Å². The van der Waals surface area contributed by atoms with Crippen LogP contribution >= 0.6 is 0 Å². The van der Waals surface area contributed by atoms with Crippen LogP contribution in [-0.4, -0.2) is 30.8 Å². The maximum absolute atomic E-state index is 11.8. The number of carbonyl (C=O) groups is 1. The summed E-state index contributed by atoms with van der Waals surface area (Å²) in [5.74, 6) is -1.09. The molecule has 5 nitrogen and oxygen atoms in total. The Kier molecular flexibility index (Phi) is 4.73. The predicted molar refractivity (Wildman–Crippen MR) is 60.6 cm³/mol. The van der Waals surface area contributed by atoms with E-state index in [0.717, 1.165) is 12.8 Å². The third-order valence-electron chi connectivity index (χ3n) is 2.92. The van der Waals surface area contributed by atoms with Crippen molar-refractivity contribution in [2.75, 3.05) is 0 Å². The fraction of sp³-hybridized carbons (Fsp3) is 0.900. The zero-order valence-electron chi connectivity index (χ0n) is 9.48. The van der Waals surface area contributed by atoms with Crippen molar-refractivity contribution in [3.05, 3.63) is 0 Å². The minimum Gasteiger partial charge on any atom is -0.480 e. The largest absolute Gasteiger partial charge is 0.480 e. The van der Waals surface area contributed by atoms with E-state index < -0.39 is 27.3 Å². The van der Waals surface area contributed by atoms with Gasteiger partial charge in [-0.3, -0.25) is 4.79 Å². The molecule has 0 saturated heterocycles. The van der Waals surface area contributed by atoms with Crippen LogP contribution in [0.4, 0.5) is 0 Å². The molecule has 0 aliphatic heterocycles. The molecule has 1 aliphatic rings. The lowest BCUT2D eigenvalue weighted by molar-refractivity contribution is -0.139. The smallest absolute Gasteiger partial charge is 0.321 e. The van der Waals surface area contributed by atoms with Crippen LogP contribution in [-0.2, 0) is 14.8 Å². The molecule has 0 amide bonds. The summed E-state index contributed by atoms with van der Waals surface area (Å²) >= 11 is 0. The van der Waals surface area contributed by atoms with E-state index in [-0.39, 0.29) is 0 Å². The summed E-state index contributed by atoms with van der Waals surface area (Å²) in [7, 11) is -3.46. The minimum absolute atomic E-state index is 0.335. The summed E-state index contributed by atoms with van der Waals surface area (Å²) in [6.07, 6.45) is 4.10. The monoisotopic (exact) mass is 249 g/mol. The van der Waals surface area contributed by atoms with Gasteiger partial charge in [-0.1, -0.05) is 26.2 Å². The van der Waals surface area contributed by atoms with Gasteiger partial charge in [0.25, 0.3) is 0 Å². The van der Waals surface area contributed by atoms with Crippen molar-refractivity contribution in [2.45, 2.75) is 56.7 Å². The van der Waals surface area contributed by atoms with Crippen LogP contribution in [0.15, 0.2) is 0 Å². The molecule has 1 saturated carbocycles. The molecule has 0 aromatic rings. The van der Waals surface area contributed by atoms with Crippen LogP contribution in [0.3, 0.4) is 0 Å². The minimum atomic E-state index is -3.46. The summed E-state index contributed by atoms with van der Waals surface area (Å²) in [6, 6.07) is -0.976. The van der Waals surface area contributed by atoms with E-state index in [9.17, 15) is 13.2 Å². The summed E-state index contributed by atoms with van der Waals surface area (Å²) in [6.45, 7) is 1.83. The van der Waals surface area contributed by atoms with Crippen molar-refractivity contribution in [3.63, 3.8) is 0 Å². The van der Waals surface area contributed by atoms with Gasteiger partial charge in [-0.05, 0) is 19.3 Å². The second-order valence-corrected chi connectivity index (χ2v) is 6.24. The van der Waals surface area contributed by atoms with E-state index >= 15 is 0 Å². The number of hydrogen-bond donors (Lipinski definition) is 2. The van der Waals surface area contributed by atoms with Gasteiger partial charge in [0.05, 0.1) is 5.25 Å². The second kappa shape index (κ2) is 5.63. The topological polar surface area (TPSA) is 83.5 Å². The van der Waals surface area contributed by atoms with Crippen molar-refractivity contribution >= 4 is 16.0 Å². The lowest BCUT2D eigenvalue weighted by Crippen LogP contribution is -2.44. The van der Waals surface area contributed by atoms with Crippen molar-refractivity contribution in [3.8, 4) is 0 Å². The van der Waals surface area contributed by atoms with Gasteiger partial charge in [0.2, 0.25) is 10.0 Å². The highest BCUT2D eigenvalue weighted by Crippen LogP contribution is 2.24. The van der Waals surface area contributed by atoms with Gasteiger partial charge in [0.15, 0.2) is 0 Å². The molecule has 1 atom stereocenters. The maximum atomic E-state index is 11.8. The summed E-state index contributed by atoms with van der Waals surface area (Å²) < 4.78 is 26.0. The third kappa shape index (κ3) is 3.45. The van der Waals surface area contributed by atoms with Gasteiger partial charge in [0, 0.05) is 0 Å². The van der Waals surface area contributed by atoms with Crippen LogP contribution in [0.25, 0.3) is 0 Å². The van der Waals surface area contributed by atoms with Gasteiger partial charge >= 0.3 is 5.97 Å². The lowest BCUT2D eigenvalue weighted by atomic mass is 10.2. The molecule has 16 heavy (non-hydrogen) atoms. The zero-order chi connectivity index (χ0) is 12.2. The Balaban J connectivity index is 2.65. The molecular formula is C10H19NO4S. The summed E-state index contributed by atoms with van der Waals surface area (Å²) in [4.78, 5) is 10.9. The van der Waals surface area contributed by atoms with E-state index in [0.29, 0.717) is 25.7 Å². The number of nitrogens with one attached hydrogen (secondary N) is 1. The Labute approximate surface area is 96.3 Å². The van der Waals surface area contributed by atoms with Crippen LogP contribution in [0.2, 0.25) is 0 Å². The van der Waals surface area contributed by atoms with Crippen molar-refractivity contribution in [2.24, 2.45) is 0 Å². The van der Waals surface area contributed by atoms with E-state index in [4.69, 9.17) is 5.11 Å². The molecule has 0 spiro atoms. The number of aliphatic carboxylic acids is 1. The predicted octanol–water partition coefficient (Wildman–Crippen LogP) is 1.10. The molecule has 6 heteroatoms. The molecule has 0 radical (unpaired) electrons. The number of sulfonamides is 1. The maximum Gasteiger partial charge on any atom is 0.321 e. The van der Waals surface area contributed by atoms with E-state index in [2.05, 4.69) is 4.72 Å². The number of hydrogen-bond acceptors (Lipinski definition) is 3. The fourth-order valence-electron chi connectivity index (χ4n) is 2.01. The first-order chi connectivity index (χ1) is 7.47. The fourth-order valence-corrected chi connectivity index (χ4v) is 3.78. The van der Waals surface area contributed by atoms with Crippen LogP contribution in [0.5, 0.6) is 0 Å². The summed E-state index contributed by atoms with van der Waals surface area (Å²) in [5, 5.41) is 8.49. The van der Waals surface area contributed by atoms with E-state index in [1.807, 2.05) is 6.92 Å². The van der Waals surface area contributed by atoms with Crippen molar-refractivity contribution in [1.82, 2.24) is 4.72 Å². The molecule has 0 aromatic carbocycles. The molecule has 1 fully saturated rings. The lowest BCUT2D eigenvalue weighted by Gasteiger charge is -2.17. The standard InChI is InChI=1S/C10H19NO4S/c1-2-5-9(10(12)13)11-16(14,15)8-6-3-4-7-8/h8-9,11H,2-7H2,1H3,(H,12,13)/t9-/m0/s1. The first kappa shape index (κ1) is 13.4. The normalized spacial score (nSPS) is 19.8. The van der Waals surface area contributed by atoms with E-state index in [1.165, 1.54) is 0 Å². The third-order valence-corrected chi connectivity index (χ3v) is 4.89. The quantitative estimate of drug-likeness (QED) is 0.738. The molecule has 94 valence electrons. The van der Waals surface area contributed by atoms with Crippen LogP contribution in [0.1, 0.15) is 45.4 Å². The molecule has 1 rings (SSSR count). The van der Waals surface area contributed by atoms with Gasteiger partial charge in [-0.2, -0.15) is 0 Å². The molecule has 1 aliphatic carbocycles. The van der Waals surface area contributed by atoms with Crippen molar-refractivity contribution < 1.29 is 18.3 Å². The highest BCUT2D eigenvalue weighted by atomic mass is 32.2. The van der Waals surface area contributed by atoms with Crippen LogP contribution in [0, 0.1) is 0 Å². The number of carboxylic acids is 1. The van der Waals surface area contributed by atoms with Gasteiger partial charge in [-0.15, -0.1) is 0 Å². The molecule has 2 N–H and O–H groups in total. The SMILES string of the molecule is CCC[C@H](NS(=O)(=O)C1CCCC1)C(=O)O. The Hall–Kier alpha value is -0.620. The zero-order valence-corrected chi connectivity index (χ0v) is 10.3. The Morgan fingerprint density at radius 3 is 2.44 bits per heavy atom. The average molecular weight is 249 g/mol. The molecular weight excluding hydrogens is 230 g/mol. The first-order valence-corrected chi connectivity index (χ1v) is 7.26. The Bertz CT molecular complexity index is 333. The first-order valence-electron chi connectivity index (χ1n) is 5.71. The summed E-state index contributed by atoms with van der Waals surface area (Å²) in [5.41, 5.74) is 0. The van der Waals surface area contributed by atoms with Crippen LogP contribution < -0.4 is 4.72 Å².